The lowest BCUT2D eigenvalue weighted by atomic mass is 10.2. The molecule has 0 fully saturated rings. The van der Waals surface area contributed by atoms with Crippen molar-refractivity contribution < 1.29 is 4.74 Å². The summed E-state index contributed by atoms with van der Waals surface area (Å²) < 4.78 is 7.39. The normalized spacial score (nSPS) is 10.5. The topological polar surface area (TPSA) is 63.7 Å². The van der Waals surface area contributed by atoms with E-state index in [9.17, 15) is 0 Å². The molecule has 6 heteroatoms. The monoisotopic (exact) mass is 276 g/mol. The molecule has 0 saturated heterocycles. The van der Waals surface area contributed by atoms with Crippen molar-refractivity contribution in [3.05, 3.63) is 40.9 Å². The average molecular weight is 277 g/mol. The molecule has 0 spiro atoms. The molecule has 0 N–H and O–H groups in total. The van der Waals surface area contributed by atoms with E-state index in [-0.39, 0.29) is 12.6 Å². The van der Waals surface area contributed by atoms with Gasteiger partial charge in [0.2, 0.25) is 0 Å². The molecule has 2 aromatic rings. The second-order valence-corrected chi connectivity index (χ2v) is 4.69. The number of benzene rings is 1. The molecule has 1 aromatic carbocycles. The highest BCUT2D eigenvalue weighted by atomic mass is 35.5. The van der Waals surface area contributed by atoms with E-state index in [1.54, 1.807) is 22.9 Å². The van der Waals surface area contributed by atoms with E-state index in [4.69, 9.17) is 21.6 Å². The van der Waals surface area contributed by atoms with Crippen LogP contribution in [0.25, 0.3) is 0 Å². The van der Waals surface area contributed by atoms with Gasteiger partial charge in [-0.05, 0) is 26.0 Å². The maximum atomic E-state index is 9.00. The summed E-state index contributed by atoms with van der Waals surface area (Å²) in [5.41, 5.74) is 0.444. The zero-order valence-corrected chi connectivity index (χ0v) is 11.4. The second kappa shape index (κ2) is 5.72. The van der Waals surface area contributed by atoms with E-state index in [2.05, 4.69) is 16.2 Å². The molecule has 1 heterocycles. The molecular weight excluding hydrogens is 264 g/mol. The molecule has 5 nitrogen and oxygen atoms in total. The van der Waals surface area contributed by atoms with E-state index in [0.717, 1.165) is 0 Å². The fourth-order valence-corrected chi connectivity index (χ4v) is 1.82. The number of nitriles is 1. The third-order valence-corrected chi connectivity index (χ3v) is 2.79. The molecule has 0 aliphatic rings. The molecule has 0 aliphatic heterocycles. The summed E-state index contributed by atoms with van der Waals surface area (Å²) in [6, 6.07) is 7.18. The first kappa shape index (κ1) is 13.4. The van der Waals surface area contributed by atoms with Crippen LogP contribution in [-0.2, 0) is 6.61 Å². The highest BCUT2D eigenvalue weighted by molar-refractivity contribution is 6.30. The van der Waals surface area contributed by atoms with Crippen LogP contribution >= 0.6 is 11.6 Å². The highest BCUT2D eigenvalue weighted by Gasteiger charge is 2.10. The van der Waals surface area contributed by atoms with Crippen LogP contribution in [0.3, 0.4) is 0 Å². The van der Waals surface area contributed by atoms with Gasteiger partial charge < -0.3 is 4.74 Å². The van der Waals surface area contributed by atoms with Crippen LogP contribution in [0.15, 0.2) is 24.5 Å². The SMILES string of the molecule is CC(C)n1ncnc1COc1cc(Cl)ccc1C#N. The van der Waals surface area contributed by atoms with Crippen LogP contribution in [0, 0.1) is 11.3 Å². The van der Waals surface area contributed by atoms with Crippen LogP contribution in [0.5, 0.6) is 5.75 Å². The molecule has 0 bridgehead atoms. The van der Waals surface area contributed by atoms with E-state index >= 15 is 0 Å². The van der Waals surface area contributed by atoms with Crippen LogP contribution in [0.1, 0.15) is 31.3 Å². The lowest BCUT2D eigenvalue weighted by Crippen LogP contribution is -2.11. The van der Waals surface area contributed by atoms with Gasteiger partial charge in [-0.15, -0.1) is 0 Å². The quantitative estimate of drug-likeness (QED) is 0.861. The zero-order chi connectivity index (χ0) is 13.8. The Hall–Kier alpha value is -2.06. The lowest BCUT2D eigenvalue weighted by molar-refractivity contribution is 0.281. The smallest absolute Gasteiger partial charge is 0.165 e. The predicted octanol–water partition coefficient (Wildman–Crippen LogP) is 2.96. The molecule has 0 aliphatic carbocycles. The standard InChI is InChI=1S/C13H13ClN4O/c1-9(2)18-13(16-8-17-18)7-19-12-5-11(14)4-3-10(12)6-15/h3-5,8-9H,7H2,1-2H3. The summed E-state index contributed by atoms with van der Waals surface area (Å²) in [4.78, 5) is 4.14. The summed E-state index contributed by atoms with van der Waals surface area (Å²) in [5.74, 6) is 1.16. The minimum atomic E-state index is 0.205. The molecule has 0 atom stereocenters. The minimum Gasteiger partial charge on any atom is -0.484 e. The van der Waals surface area contributed by atoms with Crippen molar-refractivity contribution in [3.8, 4) is 11.8 Å². The first-order valence-electron chi connectivity index (χ1n) is 5.82. The van der Waals surface area contributed by atoms with Crippen molar-refractivity contribution in [2.24, 2.45) is 0 Å². The Morgan fingerprint density at radius 1 is 1.47 bits per heavy atom. The summed E-state index contributed by atoms with van der Waals surface area (Å²) in [6.45, 7) is 4.27. The molecular formula is C13H13ClN4O. The number of rotatable bonds is 4. The maximum absolute atomic E-state index is 9.00. The Morgan fingerprint density at radius 3 is 2.95 bits per heavy atom. The number of halogens is 1. The van der Waals surface area contributed by atoms with Crippen LogP contribution in [0.2, 0.25) is 5.02 Å². The average Bonchev–Trinajstić information content (AvgIpc) is 2.85. The van der Waals surface area contributed by atoms with Crippen molar-refractivity contribution in [3.63, 3.8) is 0 Å². The van der Waals surface area contributed by atoms with Crippen LogP contribution in [-0.4, -0.2) is 14.8 Å². The zero-order valence-electron chi connectivity index (χ0n) is 10.7. The van der Waals surface area contributed by atoms with Gasteiger partial charge in [0.15, 0.2) is 5.82 Å². The lowest BCUT2D eigenvalue weighted by Gasteiger charge is -2.11. The van der Waals surface area contributed by atoms with Crippen molar-refractivity contribution in [1.29, 1.82) is 5.26 Å². The molecule has 0 radical (unpaired) electrons. The number of ether oxygens (including phenoxy) is 1. The van der Waals surface area contributed by atoms with E-state index in [1.807, 2.05) is 13.8 Å². The van der Waals surface area contributed by atoms with Gasteiger partial charge in [-0.3, -0.25) is 0 Å². The van der Waals surface area contributed by atoms with Crippen molar-refractivity contribution in [1.82, 2.24) is 14.8 Å². The van der Waals surface area contributed by atoms with Gasteiger partial charge in [-0.2, -0.15) is 10.4 Å². The molecule has 2 rings (SSSR count). The largest absolute Gasteiger partial charge is 0.484 e. The molecule has 19 heavy (non-hydrogen) atoms. The van der Waals surface area contributed by atoms with Gasteiger partial charge in [0.25, 0.3) is 0 Å². The number of hydrogen-bond donors (Lipinski definition) is 0. The molecule has 0 amide bonds. The third-order valence-electron chi connectivity index (χ3n) is 2.56. The summed E-state index contributed by atoms with van der Waals surface area (Å²) in [7, 11) is 0. The molecule has 1 aromatic heterocycles. The van der Waals surface area contributed by atoms with Crippen molar-refractivity contribution >= 4 is 11.6 Å². The van der Waals surface area contributed by atoms with Gasteiger partial charge in [0.05, 0.1) is 5.56 Å². The Labute approximate surface area is 116 Å². The number of aromatic nitrogens is 3. The molecule has 0 unspecified atom stereocenters. The Morgan fingerprint density at radius 2 is 2.26 bits per heavy atom. The summed E-state index contributed by atoms with van der Waals surface area (Å²) in [5, 5.41) is 13.7. The Bertz CT molecular complexity index is 615. The first-order chi connectivity index (χ1) is 9.11. The fourth-order valence-electron chi connectivity index (χ4n) is 1.66. The van der Waals surface area contributed by atoms with Crippen molar-refractivity contribution in [2.75, 3.05) is 0 Å². The third kappa shape index (κ3) is 3.04. The van der Waals surface area contributed by atoms with E-state index in [0.29, 0.717) is 22.2 Å². The first-order valence-corrected chi connectivity index (χ1v) is 6.20. The molecule has 0 saturated carbocycles. The van der Waals surface area contributed by atoms with Gasteiger partial charge in [-0.25, -0.2) is 9.67 Å². The Balaban J connectivity index is 2.17. The van der Waals surface area contributed by atoms with Gasteiger partial charge in [0, 0.05) is 17.1 Å². The summed E-state index contributed by atoms with van der Waals surface area (Å²) in [6.07, 6.45) is 1.49. The number of hydrogen-bond acceptors (Lipinski definition) is 4. The fraction of sp³-hybridized carbons (Fsp3) is 0.308. The van der Waals surface area contributed by atoms with E-state index in [1.165, 1.54) is 6.33 Å². The highest BCUT2D eigenvalue weighted by Crippen LogP contribution is 2.23. The van der Waals surface area contributed by atoms with E-state index < -0.39 is 0 Å². The minimum absolute atomic E-state index is 0.205. The maximum Gasteiger partial charge on any atom is 0.165 e. The van der Waals surface area contributed by atoms with Gasteiger partial charge in [-0.1, -0.05) is 11.6 Å². The van der Waals surface area contributed by atoms with Gasteiger partial charge >= 0.3 is 0 Å². The summed E-state index contributed by atoms with van der Waals surface area (Å²) >= 11 is 5.89. The Kier molecular flexibility index (Phi) is 4.03. The predicted molar refractivity (Wildman–Crippen MR) is 70.9 cm³/mol. The number of nitrogens with zero attached hydrogens (tertiary/aromatic N) is 4. The van der Waals surface area contributed by atoms with Gasteiger partial charge in [0.1, 0.15) is 24.8 Å². The van der Waals surface area contributed by atoms with Crippen LogP contribution < -0.4 is 4.74 Å². The molecule has 98 valence electrons. The van der Waals surface area contributed by atoms with Crippen LogP contribution in [0.4, 0.5) is 0 Å². The second-order valence-electron chi connectivity index (χ2n) is 4.26. The van der Waals surface area contributed by atoms with Crippen molar-refractivity contribution in [2.45, 2.75) is 26.5 Å².